The summed E-state index contributed by atoms with van der Waals surface area (Å²) in [7, 11) is 0. The number of Topliss-reactive ketones (excluding diaryl/α,β-unsaturated/α-hetero) is 1. The summed E-state index contributed by atoms with van der Waals surface area (Å²) >= 11 is 0. The van der Waals surface area contributed by atoms with E-state index in [1.807, 2.05) is 23.7 Å². The van der Waals surface area contributed by atoms with E-state index in [1.165, 1.54) is 17.2 Å². The number of hydrogen-bond acceptors (Lipinski definition) is 3. The van der Waals surface area contributed by atoms with Gasteiger partial charge in [-0.25, -0.2) is 9.07 Å². The van der Waals surface area contributed by atoms with E-state index in [9.17, 15) is 9.18 Å². The number of aromatic nitrogens is 2. The second-order valence-electron chi connectivity index (χ2n) is 10.6. The first-order valence-corrected chi connectivity index (χ1v) is 12.9. The first kappa shape index (κ1) is 25.2. The van der Waals surface area contributed by atoms with E-state index in [0.717, 1.165) is 25.0 Å². The smallest absolute Gasteiger partial charge is 0.169 e. The van der Waals surface area contributed by atoms with Crippen molar-refractivity contribution in [2.45, 2.75) is 90.6 Å². The molecule has 3 aromatic rings. The lowest BCUT2D eigenvalue weighted by Gasteiger charge is -2.38. The minimum atomic E-state index is -0.362. The van der Waals surface area contributed by atoms with Gasteiger partial charge < -0.3 is 5.32 Å². The van der Waals surface area contributed by atoms with Gasteiger partial charge in [-0.05, 0) is 63.6 Å². The second kappa shape index (κ2) is 9.60. The molecule has 0 saturated carbocycles. The van der Waals surface area contributed by atoms with E-state index in [-0.39, 0.29) is 28.6 Å². The van der Waals surface area contributed by atoms with Gasteiger partial charge in [0.05, 0.1) is 22.8 Å². The normalized spacial score (nSPS) is 17.1. The largest absolute Gasteiger partial charge is 0.363 e. The zero-order chi connectivity index (χ0) is 25.4. The number of carbonyl (C=O) groups excluding carboxylic acids is 1. The Balaban J connectivity index is 1.72. The predicted octanol–water partition coefficient (Wildman–Crippen LogP) is 7.52. The third-order valence-electron chi connectivity index (χ3n) is 8.03. The Morgan fingerprint density at radius 3 is 2.37 bits per heavy atom. The number of ketones is 1. The van der Waals surface area contributed by atoms with E-state index < -0.39 is 0 Å². The van der Waals surface area contributed by atoms with Crippen molar-refractivity contribution in [2.75, 3.05) is 5.32 Å². The predicted molar refractivity (Wildman–Crippen MR) is 141 cm³/mol. The Labute approximate surface area is 208 Å². The van der Waals surface area contributed by atoms with Crippen LogP contribution in [-0.2, 0) is 17.4 Å². The number of hydrogen-bond donors (Lipinski definition) is 1. The van der Waals surface area contributed by atoms with Crippen LogP contribution >= 0.6 is 0 Å². The Morgan fingerprint density at radius 1 is 1.11 bits per heavy atom. The van der Waals surface area contributed by atoms with Crippen molar-refractivity contribution in [1.82, 2.24) is 9.78 Å². The molecule has 2 heterocycles. The molecule has 0 bridgehead atoms. The maximum absolute atomic E-state index is 14.7. The summed E-state index contributed by atoms with van der Waals surface area (Å²) in [5, 5.41) is 8.29. The van der Waals surface area contributed by atoms with Gasteiger partial charge in [0.1, 0.15) is 11.6 Å². The molecule has 0 aliphatic carbocycles. The average molecular weight is 476 g/mol. The quantitative estimate of drug-likeness (QED) is 0.343. The van der Waals surface area contributed by atoms with Gasteiger partial charge in [0.15, 0.2) is 5.78 Å². The van der Waals surface area contributed by atoms with Gasteiger partial charge in [-0.3, -0.25) is 4.79 Å². The third kappa shape index (κ3) is 4.53. The van der Waals surface area contributed by atoms with Crippen molar-refractivity contribution >= 4 is 11.6 Å². The fraction of sp³-hybridized carbons (Fsp3) is 0.467. The van der Waals surface area contributed by atoms with E-state index in [1.54, 1.807) is 6.07 Å². The van der Waals surface area contributed by atoms with Crippen LogP contribution in [0.5, 0.6) is 0 Å². The van der Waals surface area contributed by atoms with Gasteiger partial charge in [-0.1, -0.05) is 63.2 Å². The topological polar surface area (TPSA) is 46.9 Å². The number of anilines is 1. The Kier molecular flexibility index (Phi) is 6.90. The van der Waals surface area contributed by atoms with Crippen LogP contribution in [0.4, 0.5) is 10.2 Å². The van der Waals surface area contributed by atoms with Gasteiger partial charge in [-0.15, -0.1) is 0 Å². The van der Waals surface area contributed by atoms with Gasteiger partial charge >= 0.3 is 0 Å². The molecule has 1 aliphatic heterocycles. The van der Waals surface area contributed by atoms with Crippen molar-refractivity contribution in [2.24, 2.45) is 0 Å². The molecule has 1 aliphatic rings. The highest BCUT2D eigenvalue weighted by atomic mass is 19.1. The molecule has 0 unspecified atom stereocenters. The molecule has 1 aromatic heterocycles. The molecule has 4 rings (SSSR count). The second-order valence-corrected chi connectivity index (χ2v) is 10.6. The van der Waals surface area contributed by atoms with Crippen molar-refractivity contribution < 1.29 is 9.18 Å². The Morgan fingerprint density at radius 2 is 1.77 bits per heavy atom. The van der Waals surface area contributed by atoms with Gasteiger partial charge in [-0.2, -0.15) is 5.10 Å². The van der Waals surface area contributed by atoms with Crippen molar-refractivity contribution in [3.63, 3.8) is 0 Å². The van der Waals surface area contributed by atoms with Gasteiger partial charge in [0.25, 0.3) is 0 Å². The molecule has 0 fully saturated rings. The maximum atomic E-state index is 14.7. The molecule has 0 spiro atoms. The number of aryl methyl sites for hydroxylation is 2. The lowest BCUT2D eigenvalue weighted by Crippen LogP contribution is -2.38. The lowest BCUT2D eigenvalue weighted by atomic mass is 9.71. The highest BCUT2D eigenvalue weighted by molar-refractivity contribution is 6.02. The summed E-state index contributed by atoms with van der Waals surface area (Å²) in [5.41, 5.74) is 3.89. The van der Waals surface area contributed by atoms with E-state index in [4.69, 9.17) is 5.10 Å². The van der Waals surface area contributed by atoms with Crippen molar-refractivity contribution in [3.05, 3.63) is 82.3 Å². The van der Waals surface area contributed by atoms with E-state index in [2.05, 4.69) is 64.2 Å². The molecule has 1 atom stereocenters. The molecule has 0 saturated heterocycles. The molecule has 2 aromatic carbocycles. The fourth-order valence-electron chi connectivity index (χ4n) is 5.68. The van der Waals surface area contributed by atoms with Crippen LogP contribution in [0.1, 0.15) is 99.1 Å². The SMILES string of the molecule is CCc1ccc(C(CC)(CC)CC(=O)c2c(C)nn3c2N[C@@H](c2ccccc2F)CC3(C)C)cc1. The summed E-state index contributed by atoms with van der Waals surface area (Å²) in [4.78, 5) is 14.0. The summed E-state index contributed by atoms with van der Waals surface area (Å²) in [6.07, 6.45) is 3.83. The highest BCUT2D eigenvalue weighted by Crippen LogP contribution is 2.43. The van der Waals surface area contributed by atoms with Crippen molar-refractivity contribution in [1.29, 1.82) is 0 Å². The summed E-state index contributed by atoms with van der Waals surface area (Å²) in [6.45, 7) is 12.6. The average Bonchev–Trinajstić information content (AvgIpc) is 3.19. The molecule has 35 heavy (non-hydrogen) atoms. The molecule has 5 heteroatoms. The standard InChI is InChI=1S/C30H38FN3O/c1-7-21-14-16-22(17-15-21)30(8-2,9-3)19-26(35)27-20(4)33-34-28(27)32-25(18-29(34,5)6)23-12-10-11-13-24(23)31/h10-17,25,32H,7-9,18-19H2,1-6H3/t25-/m1/s1. The molecule has 4 nitrogen and oxygen atoms in total. The van der Waals surface area contributed by atoms with Gasteiger partial charge in [0, 0.05) is 17.4 Å². The van der Waals surface area contributed by atoms with Crippen LogP contribution in [0, 0.1) is 12.7 Å². The zero-order valence-corrected chi connectivity index (χ0v) is 21.9. The van der Waals surface area contributed by atoms with E-state index in [0.29, 0.717) is 29.8 Å². The molecule has 0 amide bonds. The minimum absolute atomic E-state index is 0.0875. The maximum Gasteiger partial charge on any atom is 0.169 e. The summed E-state index contributed by atoms with van der Waals surface area (Å²) in [5.74, 6) is 0.564. The summed E-state index contributed by atoms with van der Waals surface area (Å²) in [6, 6.07) is 15.4. The zero-order valence-electron chi connectivity index (χ0n) is 21.9. The van der Waals surface area contributed by atoms with Crippen LogP contribution in [0.25, 0.3) is 0 Å². The number of benzene rings is 2. The molecular weight excluding hydrogens is 437 g/mol. The van der Waals surface area contributed by atoms with Crippen LogP contribution < -0.4 is 5.32 Å². The first-order chi connectivity index (χ1) is 16.7. The number of rotatable bonds is 8. The number of nitrogens with one attached hydrogen (secondary N) is 1. The molecular formula is C30H38FN3O. The monoisotopic (exact) mass is 475 g/mol. The first-order valence-electron chi connectivity index (χ1n) is 12.9. The van der Waals surface area contributed by atoms with Crippen LogP contribution in [0.3, 0.4) is 0 Å². The molecule has 0 radical (unpaired) electrons. The number of carbonyl (C=O) groups is 1. The summed E-state index contributed by atoms with van der Waals surface area (Å²) < 4.78 is 16.6. The van der Waals surface area contributed by atoms with Gasteiger partial charge in [0.2, 0.25) is 0 Å². The van der Waals surface area contributed by atoms with Crippen molar-refractivity contribution in [3.8, 4) is 0 Å². The molecule has 186 valence electrons. The fourth-order valence-corrected chi connectivity index (χ4v) is 5.68. The lowest BCUT2D eigenvalue weighted by molar-refractivity contribution is 0.0944. The number of fused-ring (bicyclic) bond motifs is 1. The Hall–Kier alpha value is -2.95. The third-order valence-corrected chi connectivity index (χ3v) is 8.03. The van der Waals surface area contributed by atoms with Crippen LogP contribution in [0.15, 0.2) is 48.5 Å². The Bertz CT molecular complexity index is 1200. The highest BCUT2D eigenvalue weighted by Gasteiger charge is 2.40. The minimum Gasteiger partial charge on any atom is -0.363 e. The van der Waals surface area contributed by atoms with Crippen LogP contribution in [-0.4, -0.2) is 15.6 Å². The number of nitrogens with zero attached hydrogens (tertiary/aromatic N) is 2. The molecule has 1 N–H and O–H groups in total. The number of halogens is 1. The van der Waals surface area contributed by atoms with E-state index >= 15 is 0 Å². The van der Waals surface area contributed by atoms with Crippen LogP contribution in [0.2, 0.25) is 0 Å².